The first kappa shape index (κ1) is 16.7. The van der Waals surface area contributed by atoms with Gasteiger partial charge in [-0.3, -0.25) is 4.90 Å². The molecule has 4 nitrogen and oxygen atoms in total. The van der Waals surface area contributed by atoms with Crippen molar-refractivity contribution >= 4 is 21.6 Å². The molecular formula is C16H27BrN4. The summed E-state index contributed by atoms with van der Waals surface area (Å²) in [5.74, 6) is 0. The Labute approximate surface area is 137 Å². The molecular weight excluding hydrogens is 328 g/mol. The fourth-order valence-electron chi connectivity index (χ4n) is 2.73. The molecule has 5 heteroatoms. The Kier molecular flexibility index (Phi) is 6.48. The fraction of sp³-hybridized carbons (Fsp3) is 0.625. The van der Waals surface area contributed by atoms with Crippen molar-refractivity contribution in [3.05, 3.63) is 28.2 Å². The monoisotopic (exact) mass is 354 g/mol. The SMILES string of the molecule is CNCc1ccc(Br)cc1N1CCN(CCN(C)C)CC1. The Bertz CT molecular complexity index is 442. The molecule has 1 aliphatic heterocycles. The third-order valence-electron chi connectivity index (χ3n) is 3.99. The van der Waals surface area contributed by atoms with Crippen LogP contribution in [0, 0.1) is 0 Å². The molecule has 0 saturated carbocycles. The Morgan fingerprint density at radius 3 is 2.52 bits per heavy atom. The highest BCUT2D eigenvalue weighted by Gasteiger charge is 2.19. The molecule has 0 aliphatic carbocycles. The van der Waals surface area contributed by atoms with E-state index in [0.29, 0.717) is 0 Å². The number of benzene rings is 1. The molecule has 0 unspecified atom stereocenters. The van der Waals surface area contributed by atoms with Gasteiger partial charge in [0.05, 0.1) is 0 Å². The van der Waals surface area contributed by atoms with Crippen LogP contribution in [-0.2, 0) is 6.54 Å². The molecule has 0 radical (unpaired) electrons. The largest absolute Gasteiger partial charge is 0.369 e. The van der Waals surface area contributed by atoms with Gasteiger partial charge in [-0.25, -0.2) is 0 Å². The number of piperazine rings is 1. The molecule has 0 aromatic heterocycles. The zero-order valence-corrected chi connectivity index (χ0v) is 15.0. The number of nitrogens with zero attached hydrogens (tertiary/aromatic N) is 3. The zero-order valence-electron chi connectivity index (χ0n) is 13.4. The van der Waals surface area contributed by atoms with Crippen LogP contribution in [0.25, 0.3) is 0 Å². The molecule has 1 heterocycles. The Balaban J connectivity index is 1.96. The summed E-state index contributed by atoms with van der Waals surface area (Å²) >= 11 is 3.60. The molecule has 1 aromatic carbocycles. The zero-order chi connectivity index (χ0) is 15.2. The third kappa shape index (κ3) is 4.95. The number of hydrogen-bond acceptors (Lipinski definition) is 4. The van der Waals surface area contributed by atoms with Gasteiger partial charge in [-0.15, -0.1) is 0 Å². The number of likely N-dealkylation sites (N-methyl/N-ethyl adjacent to an activating group) is 1. The average Bonchev–Trinajstić information content (AvgIpc) is 2.48. The van der Waals surface area contributed by atoms with Crippen molar-refractivity contribution in [2.75, 3.05) is 65.3 Å². The van der Waals surface area contributed by atoms with Crippen molar-refractivity contribution in [1.82, 2.24) is 15.1 Å². The van der Waals surface area contributed by atoms with Gasteiger partial charge in [0.2, 0.25) is 0 Å². The van der Waals surface area contributed by atoms with E-state index in [9.17, 15) is 0 Å². The van der Waals surface area contributed by atoms with Crippen LogP contribution in [0.5, 0.6) is 0 Å². The van der Waals surface area contributed by atoms with Crippen LogP contribution >= 0.6 is 15.9 Å². The number of halogens is 1. The van der Waals surface area contributed by atoms with Crippen LogP contribution in [0.3, 0.4) is 0 Å². The highest BCUT2D eigenvalue weighted by Crippen LogP contribution is 2.26. The standard InChI is InChI=1S/C16H27BrN4/c1-18-13-14-4-5-15(17)12-16(14)21-10-8-20(9-11-21)7-6-19(2)3/h4-5,12,18H,6-11,13H2,1-3H3. The minimum Gasteiger partial charge on any atom is -0.369 e. The van der Waals surface area contributed by atoms with E-state index in [0.717, 1.165) is 43.7 Å². The highest BCUT2D eigenvalue weighted by atomic mass is 79.9. The molecule has 0 atom stereocenters. The fourth-order valence-corrected chi connectivity index (χ4v) is 3.07. The third-order valence-corrected chi connectivity index (χ3v) is 4.48. The Morgan fingerprint density at radius 2 is 1.90 bits per heavy atom. The van der Waals surface area contributed by atoms with Crippen molar-refractivity contribution in [1.29, 1.82) is 0 Å². The lowest BCUT2D eigenvalue weighted by Gasteiger charge is -2.37. The topological polar surface area (TPSA) is 21.8 Å². The lowest BCUT2D eigenvalue weighted by Crippen LogP contribution is -2.48. The van der Waals surface area contributed by atoms with Gasteiger partial charge in [-0.05, 0) is 38.8 Å². The second-order valence-corrected chi connectivity index (χ2v) is 6.85. The molecule has 1 aromatic rings. The maximum Gasteiger partial charge on any atom is 0.0424 e. The first-order valence-electron chi connectivity index (χ1n) is 7.65. The minimum absolute atomic E-state index is 0.920. The van der Waals surface area contributed by atoms with Crippen LogP contribution < -0.4 is 10.2 Å². The summed E-state index contributed by atoms with van der Waals surface area (Å²) in [5, 5.41) is 3.27. The van der Waals surface area contributed by atoms with E-state index in [-0.39, 0.29) is 0 Å². The van der Waals surface area contributed by atoms with E-state index in [1.54, 1.807) is 0 Å². The molecule has 2 rings (SSSR count). The lowest BCUT2D eigenvalue weighted by molar-refractivity contribution is 0.229. The number of rotatable bonds is 6. The van der Waals surface area contributed by atoms with E-state index in [2.05, 4.69) is 68.2 Å². The number of anilines is 1. The summed E-state index contributed by atoms with van der Waals surface area (Å²) in [7, 11) is 6.29. The first-order valence-corrected chi connectivity index (χ1v) is 8.44. The van der Waals surface area contributed by atoms with Gasteiger partial charge in [0.25, 0.3) is 0 Å². The molecule has 1 N–H and O–H groups in total. The van der Waals surface area contributed by atoms with Crippen molar-refractivity contribution < 1.29 is 0 Å². The smallest absolute Gasteiger partial charge is 0.0424 e. The van der Waals surface area contributed by atoms with Crippen molar-refractivity contribution in [3.63, 3.8) is 0 Å². The van der Waals surface area contributed by atoms with Gasteiger partial charge < -0.3 is 15.1 Å². The average molecular weight is 355 g/mol. The van der Waals surface area contributed by atoms with Crippen LogP contribution in [0.1, 0.15) is 5.56 Å². The molecule has 21 heavy (non-hydrogen) atoms. The summed E-state index contributed by atoms with van der Waals surface area (Å²) in [6, 6.07) is 6.60. The quantitative estimate of drug-likeness (QED) is 0.841. The normalized spacial score (nSPS) is 16.7. The molecule has 0 amide bonds. The maximum absolute atomic E-state index is 3.60. The number of hydrogen-bond donors (Lipinski definition) is 1. The van der Waals surface area contributed by atoms with E-state index in [1.165, 1.54) is 17.8 Å². The minimum atomic E-state index is 0.920. The molecule has 0 bridgehead atoms. The molecule has 0 spiro atoms. The highest BCUT2D eigenvalue weighted by molar-refractivity contribution is 9.10. The lowest BCUT2D eigenvalue weighted by atomic mass is 10.1. The molecule has 1 aliphatic rings. The second-order valence-electron chi connectivity index (χ2n) is 5.94. The van der Waals surface area contributed by atoms with E-state index < -0.39 is 0 Å². The summed E-state index contributed by atoms with van der Waals surface area (Å²) in [5.41, 5.74) is 2.74. The van der Waals surface area contributed by atoms with Crippen LogP contribution in [0.15, 0.2) is 22.7 Å². The van der Waals surface area contributed by atoms with E-state index in [4.69, 9.17) is 0 Å². The van der Waals surface area contributed by atoms with Crippen molar-refractivity contribution in [3.8, 4) is 0 Å². The van der Waals surface area contributed by atoms with Gasteiger partial charge in [-0.2, -0.15) is 0 Å². The van der Waals surface area contributed by atoms with Gasteiger partial charge in [0.1, 0.15) is 0 Å². The van der Waals surface area contributed by atoms with E-state index in [1.807, 2.05) is 7.05 Å². The van der Waals surface area contributed by atoms with Gasteiger partial charge >= 0.3 is 0 Å². The predicted octanol–water partition coefficient (Wildman–Crippen LogP) is 1.85. The van der Waals surface area contributed by atoms with Crippen LogP contribution in [0.2, 0.25) is 0 Å². The first-order chi connectivity index (χ1) is 10.1. The Hall–Kier alpha value is -0.620. The Morgan fingerprint density at radius 1 is 1.19 bits per heavy atom. The van der Waals surface area contributed by atoms with Crippen molar-refractivity contribution in [2.24, 2.45) is 0 Å². The van der Waals surface area contributed by atoms with Gasteiger partial charge in [-0.1, -0.05) is 22.0 Å². The van der Waals surface area contributed by atoms with Gasteiger partial charge in [0.15, 0.2) is 0 Å². The summed E-state index contributed by atoms with van der Waals surface area (Å²) in [6.45, 7) is 7.76. The summed E-state index contributed by atoms with van der Waals surface area (Å²) in [6.07, 6.45) is 0. The second kappa shape index (κ2) is 8.13. The predicted molar refractivity (Wildman–Crippen MR) is 94.1 cm³/mol. The maximum atomic E-state index is 3.60. The summed E-state index contributed by atoms with van der Waals surface area (Å²) < 4.78 is 1.16. The molecule has 1 fully saturated rings. The van der Waals surface area contributed by atoms with Crippen LogP contribution in [-0.4, -0.2) is 70.2 Å². The van der Waals surface area contributed by atoms with E-state index >= 15 is 0 Å². The van der Waals surface area contributed by atoms with Gasteiger partial charge in [0, 0.05) is 56.0 Å². The number of nitrogens with one attached hydrogen (secondary N) is 1. The van der Waals surface area contributed by atoms with Crippen molar-refractivity contribution in [2.45, 2.75) is 6.54 Å². The summed E-state index contributed by atoms with van der Waals surface area (Å²) in [4.78, 5) is 7.33. The van der Waals surface area contributed by atoms with Crippen LogP contribution in [0.4, 0.5) is 5.69 Å². The molecule has 1 saturated heterocycles. The molecule has 118 valence electrons.